The van der Waals surface area contributed by atoms with E-state index in [4.69, 9.17) is 4.74 Å². The van der Waals surface area contributed by atoms with Crippen molar-refractivity contribution in [3.63, 3.8) is 0 Å². The second kappa shape index (κ2) is 8.74. The second-order valence-corrected chi connectivity index (χ2v) is 7.58. The molecule has 3 heterocycles. The molecule has 4 rings (SSSR count). The summed E-state index contributed by atoms with van der Waals surface area (Å²) in [5.74, 6) is -0.660. The van der Waals surface area contributed by atoms with E-state index in [0.717, 1.165) is 22.3 Å². The molecule has 8 heteroatoms. The number of amides is 2. The Labute approximate surface area is 185 Å². The van der Waals surface area contributed by atoms with Gasteiger partial charge >= 0.3 is 0 Å². The van der Waals surface area contributed by atoms with Crippen LogP contribution < -0.4 is 15.0 Å². The van der Waals surface area contributed by atoms with Gasteiger partial charge in [0.1, 0.15) is 18.1 Å². The SMILES string of the molecule is CNC(=O)c1ccc(Cc2cc3c(c(C)c2C)OCCN(c2ncccc2F)C3=O)cn1. The number of nitrogens with one attached hydrogen (secondary N) is 1. The third kappa shape index (κ3) is 3.91. The minimum Gasteiger partial charge on any atom is -0.491 e. The van der Waals surface area contributed by atoms with Gasteiger partial charge in [0.15, 0.2) is 11.6 Å². The van der Waals surface area contributed by atoms with Crippen LogP contribution in [0.15, 0.2) is 42.7 Å². The molecule has 1 N–H and O–H groups in total. The Morgan fingerprint density at radius 2 is 2.03 bits per heavy atom. The largest absolute Gasteiger partial charge is 0.491 e. The van der Waals surface area contributed by atoms with Crippen LogP contribution in [0.1, 0.15) is 43.1 Å². The number of pyridine rings is 2. The molecule has 1 aliphatic rings. The van der Waals surface area contributed by atoms with E-state index in [-0.39, 0.29) is 30.8 Å². The molecule has 164 valence electrons. The number of hydrogen-bond acceptors (Lipinski definition) is 5. The number of anilines is 1. The smallest absolute Gasteiger partial charge is 0.269 e. The molecule has 2 amide bonds. The molecule has 2 aromatic heterocycles. The number of fused-ring (bicyclic) bond motifs is 1. The first-order valence-electron chi connectivity index (χ1n) is 10.3. The number of benzene rings is 1. The van der Waals surface area contributed by atoms with Crippen molar-refractivity contribution in [2.24, 2.45) is 0 Å². The number of carbonyl (C=O) groups is 2. The number of nitrogens with zero attached hydrogens (tertiary/aromatic N) is 3. The lowest BCUT2D eigenvalue weighted by Gasteiger charge is -2.20. The van der Waals surface area contributed by atoms with Crippen molar-refractivity contribution in [1.29, 1.82) is 0 Å². The van der Waals surface area contributed by atoms with Gasteiger partial charge in [-0.2, -0.15) is 0 Å². The Hall–Kier alpha value is -3.81. The van der Waals surface area contributed by atoms with Gasteiger partial charge in [-0.15, -0.1) is 0 Å². The maximum absolute atomic E-state index is 14.3. The fourth-order valence-corrected chi connectivity index (χ4v) is 3.76. The summed E-state index contributed by atoms with van der Waals surface area (Å²) in [7, 11) is 1.55. The molecule has 0 fully saturated rings. The van der Waals surface area contributed by atoms with Crippen molar-refractivity contribution >= 4 is 17.6 Å². The minimum absolute atomic E-state index is 0.0114. The van der Waals surface area contributed by atoms with Crippen molar-refractivity contribution in [3.8, 4) is 5.75 Å². The summed E-state index contributed by atoms with van der Waals surface area (Å²) in [6, 6.07) is 8.07. The monoisotopic (exact) mass is 434 g/mol. The van der Waals surface area contributed by atoms with Crippen LogP contribution in [0.5, 0.6) is 5.75 Å². The molecule has 0 saturated carbocycles. The molecular weight excluding hydrogens is 411 g/mol. The number of hydrogen-bond donors (Lipinski definition) is 1. The summed E-state index contributed by atoms with van der Waals surface area (Å²) in [6.07, 6.45) is 3.63. The molecule has 0 aliphatic carbocycles. The Morgan fingerprint density at radius 1 is 1.22 bits per heavy atom. The Kier molecular flexibility index (Phi) is 5.85. The lowest BCUT2D eigenvalue weighted by Crippen LogP contribution is -2.33. The predicted molar refractivity (Wildman–Crippen MR) is 118 cm³/mol. The summed E-state index contributed by atoms with van der Waals surface area (Å²) in [5, 5.41) is 2.54. The molecular formula is C24H23FN4O3. The van der Waals surface area contributed by atoms with Gasteiger partial charge in [0.05, 0.1) is 12.1 Å². The van der Waals surface area contributed by atoms with Gasteiger partial charge in [-0.25, -0.2) is 9.37 Å². The van der Waals surface area contributed by atoms with E-state index < -0.39 is 5.82 Å². The van der Waals surface area contributed by atoms with E-state index in [0.29, 0.717) is 23.4 Å². The molecule has 1 aliphatic heterocycles. The lowest BCUT2D eigenvalue weighted by molar-refractivity contribution is 0.0956. The average molecular weight is 434 g/mol. The summed E-state index contributed by atoms with van der Waals surface area (Å²) in [5.41, 5.74) is 4.41. The normalized spacial score (nSPS) is 13.2. The standard InChI is InChI=1S/C24H23FN4O3/c1-14-15(2)21-18(12-17(14)11-16-6-7-20(28-13-16)23(30)26-3)24(31)29(9-10-32-21)22-19(25)5-4-8-27-22/h4-8,12-13H,9-11H2,1-3H3,(H,26,30). The Balaban J connectivity index is 1.71. The van der Waals surface area contributed by atoms with E-state index in [1.807, 2.05) is 19.9 Å². The van der Waals surface area contributed by atoms with Crippen molar-refractivity contribution in [2.75, 3.05) is 25.1 Å². The number of halogens is 1. The zero-order chi connectivity index (χ0) is 22.8. The molecule has 1 aromatic carbocycles. The molecule has 7 nitrogen and oxygen atoms in total. The van der Waals surface area contributed by atoms with Crippen LogP contribution in [-0.4, -0.2) is 42.0 Å². The summed E-state index contributed by atoms with van der Waals surface area (Å²) in [6.45, 7) is 4.32. The van der Waals surface area contributed by atoms with E-state index in [2.05, 4.69) is 15.3 Å². The maximum Gasteiger partial charge on any atom is 0.269 e. The third-order valence-corrected chi connectivity index (χ3v) is 5.66. The highest BCUT2D eigenvalue weighted by atomic mass is 19.1. The van der Waals surface area contributed by atoms with Crippen LogP contribution >= 0.6 is 0 Å². The molecule has 32 heavy (non-hydrogen) atoms. The Morgan fingerprint density at radius 3 is 2.72 bits per heavy atom. The van der Waals surface area contributed by atoms with E-state index in [1.165, 1.54) is 23.2 Å². The van der Waals surface area contributed by atoms with Crippen molar-refractivity contribution < 1.29 is 18.7 Å². The topological polar surface area (TPSA) is 84.4 Å². The summed E-state index contributed by atoms with van der Waals surface area (Å²) >= 11 is 0. The molecule has 0 bridgehead atoms. The fourth-order valence-electron chi connectivity index (χ4n) is 3.76. The van der Waals surface area contributed by atoms with Crippen LogP contribution in [0, 0.1) is 19.7 Å². The highest BCUT2D eigenvalue weighted by Crippen LogP contribution is 2.34. The van der Waals surface area contributed by atoms with Crippen molar-refractivity contribution in [2.45, 2.75) is 20.3 Å². The van der Waals surface area contributed by atoms with Gasteiger partial charge in [0.25, 0.3) is 11.8 Å². The number of rotatable bonds is 4. The van der Waals surface area contributed by atoms with Gasteiger partial charge in [0, 0.05) is 19.4 Å². The van der Waals surface area contributed by atoms with E-state index in [9.17, 15) is 14.0 Å². The van der Waals surface area contributed by atoms with Crippen LogP contribution in [-0.2, 0) is 6.42 Å². The van der Waals surface area contributed by atoms with Gasteiger partial charge in [-0.3, -0.25) is 19.5 Å². The number of ether oxygens (including phenoxy) is 1. The van der Waals surface area contributed by atoms with E-state index in [1.54, 1.807) is 25.4 Å². The molecule has 0 spiro atoms. The van der Waals surface area contributed by atoms with Crippen LogP contribution in [0.3, 0.4) is 0 Å². The number of carbonyl (C=O) groups excluding carboxylic acids is 2. The molecule has 0 saturated heterocycles. The average Bonchev–Trinajstić information content (AvgIpc) is 2.96. The maximum atomic E-state index is 14.3. The third-order valence-electron chi connectivity index (χ3n) is 5.66. The molecule has 0 unspecified atom stereocenters. The summed E-state index contributed by atoms with van der Waals surface area (Å²) < 4.78 is 20.3. The quantitative estimate of drug-likeness (QED) is 0.682. The first kappa shape index (κ1) is 21.4. The fraction of sp³-hybridized carbons (Fsp3) is 0.250. The Bertz CT molecular complexity index is 1190. The van der Waals surface area contributed by atoms with Crippen LogP contribution in [0.25, 0.3) is 0 Å². The highest BCUT2D eigenvalue weighted by molar-refractivity contribution is 6.08. The molecule has 0 atom stereocenters. The number of aromatic nitrogens is 2. The lowest BCUT2D eigenvalue weighted by atomic mass is 9.93. The zero-order valence-electron chi connectivity index (χ0n) is 18.1. The van der Waals surface area contributed by atoms with Gasteiger partial charge in [-0.05, 0) is 66.8 Å². The van der Waals surface area contributed by atoms with Crippen LogP contribution in [0.2, 0.25) is 0 Å². The molecule has 0 radical (unpaired) electrons. The van der Waals surface area contributed by atoms with Crippen LogP contribution in [0.4, 0.5) is 10.2 Å². The van der Waals surface area contributed by atoms with E-state index >= 15 is 0 Å². The van der Waals surface area contributed by atoms with Gasteiger partial charge in [0.2, 0.25) is 0 Å². The predicted octanol–water partition coefficient (Wildman–Crippen LogP) is 3.22. The van der Waals surface area contributed by atoms with Gasteiger partial charge in [-0.1, -0.05) is 6.07 Å². The minimum atomic E-state index is -0.560. The van der Waals surface area contributed by atoms with Gasteiger partial charge < -0.3 is 10.1 Å². The summed E-state index contributed by atoms with van der Waals surface area (Å²) in [4.78, 5) is 34.7. The van der Waals surface area contributed by atoms with Crippen molar-refractivity contribution in [3.05, 3.63) is 82.1 Å². The highest BCUT2D eigenvalue weighted by Gasteiger charge is 2.29. The first-order valence-corrected chi connectivity index (χ1v) is 10.3. The second-order valence-electron chi connectivity index (χ2n) is 7.58. The molecule has 3 aromatic rings. The zero-order valence-corrected chi connectivity index (χ0v) is 18.1. The first-order chi connectivity index (χ1) is 15.4. The van der Waals surface area contributed by atoms with Crippen molar-refractivity contribution in [1.82, 2.24) is 15.3 Å².